The van der Waals surface area contributed by atoms with Crippen molar-refractivity contribution in [3.05, 3.63) is 106 Å². The topological polar surface area (TPSA) is 42.3 Å². The van der Waals surface area contributed by atoms with Gasteiger partial charge in [0.25, 0.3) is 0 Å². The molecule has 5 rings (SSSR count). The predicted molar refractivity (Wildman–Crippen MR) is 144 cm³/mol. The van der Waals surface area contributed by atoms with Crippen LogP contribution in [0.25, 0.3) is 5.69 Å². The van der Waals surface area contributed by atoms with Crippen LogP contribution in [0.15, 0.2) is 83.5 Å². The average Bonchev–Trinajstić information content (AvgIpc) is 3.34. The van der Waals surface area contributed by atoms with Crippen molar-refractivity contribution in [2.45, 2.75) is 25.9 Å². The minimum atomic E-state index is -0.0905. The second-order valence-electron chi connectivity index (χ2n) is 8.34. The van der Waals surface area contributed by atoms with Crippen LogP contribution in [-0.4, -0.2) is 21.8 Å². The molecular weight excluding hydrogens is 508 g/mol. The van der Waals surface area contributed by atoms with Gasteiger partial charge in [-0.1, -0.05) is 28.1 Å². The first kappa shape index (κ1) is 22.6. The Labute approximate surface area is 213 Å². The van der Waals surface area contributed by atoms with Crippen molar-refractivity contribution < 1.29 is 4.74 Å². The maximum absolute atomic E-state index is 5.87. The molecule has 1 saturated heterocycles. The number of halogens is 1. The highest BCUT2D eigenvalue weighted by Crippen LogP contribution is 2.44. The molecule has 1 fully saturated rings. The van der Waals surface area contributed by atoms with Crippen molar-refractivity contribution in [1.29, 1.82) is 0 Å². The van der Waals surface area contributed by atoms with Crippen molar-refractivity contribution in [2.24, 2.45) is 0 Å². The molecule has 172 valence electrons. The molecule has 3 heterocycles. The van der Waals surface area contributed by atoms with Crippen LogP contribution in [0.5, 0.6) is 5.75 Å². The second-order valence-corrected chi connectivity index (χ2v) is 9.64. The third kappa shape index (κ3) is 3.99. The monoisotopic (exact) mass is 532 g/mol. The molecule has 34 heavy (non-hydrogen) atoms. The zero-order chi connectivity index (χ0) is 23.8. The first-order chi connectivity index (χ1) is 16.5. The molecule has 2 aromatic heterocycles. The van der Waals surface area contributed by atoms with Crippen LogP contribution in [0.2, 0.25) is 0 Å². The highest BCUT2D eigenvalue weighted by Gasteiger charge is 2.42. The standard InChI is InChI=1S/C27H25BrN4OS/c1-17-15-23(18(2)31(17)21-8-6-7-19(28)16-21)26-25(24-9-4-5-14-29-24)30-27(34)32(26)20-10-12-22(33-3)13-11-20/h4-16,25-26H,1-3H3,(H,30,34)/t25-,26-/m1/s1. The van der Waals surface area contributed by atoms with E-state index in [0.717, 1.165) is 33.0 Å². The number of ether oxygens (including phenoxy) is 1. The van der Waals surface area contributed by atoms with Crippen molar-refractivity contribution >= 4 is 38.9 Å². The van der Waals surface area contributed by atoms with Gasteiger partial charge in [-0.3, -0.25) is 4.98 Å². The maximum atomic E-state index is 5.87. The van der Waals surface area contributed by atoms with Gasteiger partial charge in [-0.2, -0.15) is 0 Å². The summed E-state index contributed by atoms with van der Waals surface area (Å²) in [6, 6.07) is 24.5. The average molecular weight is 533 g/mol. The van der Waals surface area contributed by atoms with E-state index in [1.165, 1.54) is 11.3 Å². The van der Waals surface area contributed by atoms with Gasteiger partial charge in [-0.15, -0.1) is 0 Å². The van der Waals surface area contributed by atoms with E-state index in [1.54, 1.807) is 7.11 Å². The van der Waals surface area contributed by atoms with Crippen LogP contribution in [0.1, 0.15) is 34.7 Å². The zero-order valence-corrected chi connectivity index (χ0v) is 21.6. The molecule has 0 spiro atoms. The van der Waals surface area contributed by atoms with Crippen molar-refractivity contribution in [2.75, 3.05) is 12.0 Å². The fourth-order valence-electron chi connectivity index (χ4n) is 4.79. The number of aryl methyl sites for hydroxylation is 1. The molecule has 0 saturated carbocycles. The summed E-state index contributed by atoms with van der Waals surface area (Å²) in [7, 11) is 1.67. The number of hydrogen-bond donors (Lipinski definition) is 1. The van der Waals surface area contributed by atoms with E-state index in [1.807, 2.05) is 48.7 Å². The van der Waals surface area contributed by atoms with Gasteiger partial charge in [-0.25, -0.2) is 0 Å². The molecule has 0 bridgehead atoms. The second kappa shape index (κ2) is 9.24. The van der Waals surface area contributed by atoms with Crippen LogP contribution in [-0.2, 0) is 0 Å². The van der Waals surface area contributed by atoms with Crippen molar-refractivity contribution in [3.8, 4) is 11.4 Å². The zero-order valence-electron chi connectivity index (χ0n) is 19.2. The Kier molecular flexibility index (Phi) is 6.15. The molecule has 0 radical (unpaired) electrons. The van der Waals surface area contributed by atoms with Crippen LogP contribution in [0, 0.1) is 13.8 Å². The summed E-state index contributed by atoms with van der Waals surface area (Å²) < 4.78 is 8.72. The van der Waals surface area contributed by atoms with E-state index in [2.05, 4.69) is 79.9 Å². The van der Waals surface area contributed by atoms with Gasteiger partial charge in [0, 0.05) is 33.4 Å². The first-order valence-corrected chi connectivity index (χ1v) is 12.3. The van der Waals surface area contributed by atoms with E-state index in [4.69, 9.17) is 17.0 Å². The molecular formula is C27H25BrN4OS. The summed E-state index contributed by atoms with van der Waals surface area (Å²) in [6.45, 7) is 4.32. The van der Waals surface area contributed by atoms with Crippen LogP contribution in [0.3, 0.4) is 0 Å². The largest absolute Gasteiger partial charge is 0.497 e. The molecule has 2 atom stereocenters. The van der Waals surface area contributed by atoms with Crippen LogP contribution >= 0.6 is 28.1 Å². The molecule has 1 N–H and O–H groups in total. The summed E-state index contributed by atoms with van der Waals surface area (Å²) in [4.78, 5) is 6.87. The van der Waals surface area contributed by atoms with Crippen molar-refractivity contribution in [1.82, 2.24) is 14.9 Å². The summed E-state index contributed by atoms with van der Waals surface area (Å²) >= 11 is 9.49. The Morgan fingerprint density at radius 3 is 2.44 bits per heavy atom. The molecule has 7 heteroatoms. The van der Waals surface area contributed by atoms with Gasteiger partial charge in [0.05, 0.1) is 24.9 Å². The van der Waals surface area contributed by atoms with Gasteiger partial charge in [-0.05, 0) is 92.3 Å². The Morgan fingerprint density at radius 1 is 0.971 bits per heavy atom. The van der Waals surface area contributed by atoms with Gasteiger partial charge in [0.2, 0.25) is 0 Å². The fraction of sp³-hybridized carbons (Fsp3) is 0.185. The number of anilines is 1. The van der Waals surface area contributed by atoms with Crippen molar-refractivity contribution in [3.63, 3.8) is 0 Å². The predicted octanol–water partition coefficient (Wildman–Crippen LogP) is 6.44. The molecule has 0 amide bonds. The number of nitrogens with one attached hydrogen (secondary N) is 1. The molecule has 0 aliphatic carbocycles. The lowest BCUT2D eigenvalue weighted by atomic mass is 9.96. The molecule has 2 aromatic carbocycles. The lowest BCUT2D eigenvalue weighted by Gasteiger charge is -2.28. The highest BCUT2D eigenvalue weighted by atomic mass is 79.9. The van der Waals surface area contributed by atoms with E-state index in [9.17, 15) is 0 Å². The third-order valence-corrected chi connectivity index (χ3v) is 7.11. The molecule has 5 nitrogen and oxygen atoms in total. The lowest BCUT2D eigenvalue weighted by molar-refractivity contribution is 0.415. The van der Waals surface area contributed by atoms with E-state index < -0.39 is 0 Å². The van der Waals surface area contributed by atoms with Gasteiger partial charge >= 0.3 is 0 Å². The fourth-order valence-corrected chi connectivity index (χ4v) is 5.52. The number of nitrogens with zero attached hydrogens (tertiary/aromatic N) is 3. The Hall–Kier alpha value is -3.16. The van der Waals surface area contributed by atoms with Gasteiger partial charge in [0.15, 0.2) is 5.11 Å². The minimum absolute atomic E-state index is 0.0668. The minimum Gasteiger partial charge on any atom is -0.497 e. The summed E-state index contributed by atoms with van der Waals surface area (Å²) in [5, 5.41) is 4.23. The number of aromatic nitrogens is 2. The highest BCUT2D eigenvalue weighted by molar-refractivity contribution is 9.10. The Bertz CT molecular complexity index is 1340. The molecule has 1 aliphatic heterocycles. The quantitative estimate of drug-likeness (QED) is 0.299. The summed E-state index contributed by atoms with van der Waals surface area (Å²) in [6.07, 6.45) is 1.83. The number of thiocarbonyl (C=S) groups is 1. The molecule has 1 aliphatic rings. The number of hydrogen-bond acceptors (Lipinski definition) is 3. The number of methoxy groups -OCH3 is 1. The van der Waals surface area contributed by atoms with E-state index in [-0.39, 0.29) is 12.1 Å². The van der Waals surface area contributed by atoms with E-state index in [0.29, 0.717) is 5.11 Å². The normalized spacial score (nSPS) is 17.6. The van der Waals surface area contributed by atoms with Gasteiger partial charge in [0.1, 0.15) is 5.75 Å². The Morgan fingerprint density at radius 2 is 1.76 bits per heavy atom. The maximum Gasteiger partial charge on any atom is 0.174 e. The van der Waals surface area contributed by atoms with Gasteiger partial charge < -0.3 is 19.5 Å². The van der Waals surface area contributed by atoms with Crippen LogP contribution in [0.4, 0.5) is 5.69 Å². The summed E-state index contributed by atoms with van der Waals surface area (Å²) in [5.74, 6) is 0.812. The smallest absolute Gasteiger partial charge is 0.174 e. The van der Waals surface area contributed by atoms with Crippen LogP contribution < -0.4 is 15.0 Å². The number of rotatable bonds is 5. The first-order valence-electron chi connectivity index (χ1n) is 11.1. The third-order valence-electron chi connectivity index (χ3n) is 6.30. The SMILES string of the molecule is COc1ccc(N2C(=S)N[C@H](c3ccccn3)[C@H]2c2cc(C)n(-c3cccc(Br)c3)c2C)cc1. The number of benzene rings is 2. The Balaban J connectivity index is 1.67. The summed E-state index contributed by atoms with van der Waals surface area (Å²) in [5.41, 5.74) is 6.63. The van der Waals surface area contributed by atoms with E-state index >= 15 is 0 Å². The lowest BCUT2D eigenvalue weighted by Crippen LogP contribution is -2.29. The molecule has 0 unspecified atom stereocenters. The molecule has 4 aromatic rings. The number of pyridine rings is 1.